The van der Waals surface area contributed by atoms with Crippen LogP contribution in [-0.2, 0) is 4.74 Å². The molecule has 0 aliphatic carbocycles. The number of carbonyl (C=O) groups excluding carboxylic acids is 1. The van der Waals surface area contributed by atoms with Crippen molar-refractivity contribution in [2.45, 2.75) is 39.7 Å². The molecule has 0 bridgehead atoms. The molecule has 1 aliphatic rings. The molecule has 0 unspecified atom stereocenters. The van der Waals surface area contributed by atoms with Gasteiger partial charge in [0.25, 0.3) is 0 Å². The standard InChI is InChI=1S/C22H31N3O4S/c1-17-12-13-19-20(16-17)25(18-10-7-6-8-11-18)30(27,28)24(19)15-9-14-23(5)21(26)29-22(2,3)4/h6-8,10-13,16,27-28H,9,14-15H2,1-5H3. The van der Waals surface area contributed by atoms with Crippen LogP contribution in [-0.4, -0.2) is 45.8 Å². The Labute approximate surface area is 180 Å². The van der Waals surface area contributed by atoms with E-state index < -0.39 is 22.7 Å². The molecular formula is C22H31N3O4S. The van der Waals surface area contributed by atoms with Gasteiger partial charge in [0.2, 0.25) is 0 Å². The first-order valence-electron chi connectivity index (χ1n) is 9.97. The van der Waals surface area contributed by atoms with Crippen molar-refractivity contribution in [2.75, 3.05) is 28.7 Å². The predicted octanol–water partition coefficient (Wildman–Crippen LogP) is 5.79. The fraction of sp³-hybridized carbons (Fsp3) is 0.409. The van der Waals surface area contributed by atoms with E-state index in [1.807, 2.05) is 76.2 Å². The van der Waals surface area contributed by atoms with Crippen molar-refractivity contribution < 1.29 is 18.6 Å². The van der Waals surface area contributed by atoms with Crippen LogP contribution in [0.5, 0.6) is 0 Å². The average Bonchev–Trinajstić information content (AvgIpc) is 2.86. The molecule has 1 aliphatic heterocycles. The van der Waals surface area contributed by atoms with E-state index in [9.17, 15) is 13.9 Å². The molecule has 0 fully saturated rings. The topological polar surface area (TPSA) is 76.5 Å². The maximum atomic E-state index is 12.2. The van der Waals surface area contributed by atoms with Gasteiger partial charge in [-0.1, -0.05) is 24.3 Å². The van der Waals surface area contributed by atoms with Crippen molar-refractivity contribution >= 4 is 34.1 Å². The van der Waals surface area contributed by atoms with Gasteiger partial charge in [0.1, 0.15) is 5.60 Å². The molecule has 0 saturated carbocycles. The SMILES string of the molecule is Cc1ccc2c(c1)N(c1ccccc1)S(O)(O)N2CCCN(C)C(=O)OC(C)(C)C. The molecule has 3 rings (SSSR count). The Morgan fingerprint density at radius 1 is 1.10 bits per heavy atom. The van der Waals surface area contributed by atoms with Crippen molar-refractivity contribution in [1.82, 2.24) is 4.90 Å². The zero-order valence-electron chi connectivity index (χ0n) is 18.2. The summed E-state index contributed by atoms with van der Waals surface area (Å²) >= 11 is 0. The summed E-state index contributed by atoms with van der Waals surface area (Å²) < 4.78 is 31.0. The molecule has 30 heavy (non-hydrogen) atoms. The second-order valence-corrected chi connectivity index (χ2v) is 10.3. The largest absolute Gasteiger partial charge is 0.444 e. The first-order chi connectivity index (χ1) is 14.0. The summed E-state index contributed by atoms with van der Waals surface area (Å²) in [6.45, 7) is 8.29. The van der Waals surface area contributed by atoms with Gasteiger partial charge in [-0.25, -0.2) is 9.10 Å². The molecule has 2 N–H and O–H groups in total. The molecule has 2 aromatic rings. The summed E-state index contributed by atoms with van der Waals surface area (Å²) in [5, 5.41) is 0. The average molecular weight is 434 g/mol. The highest BCUT2D eigenvalue weighted by atomic mass is 32.3. The number of amides is 1. The Morgan fingerprint density at radius 2 is 1.77 bits per heavy atom. The molecule has 164 valence electrons. The van der Waals surface area contributed by atoms with Gasteiger partial charge in [-0.05, 0) is 74.9 Å². The van der Waals surface area contributed by atoms with Crippen LogP contribution in [0.15, 0.2) is 48.5 Å². The van der Waals surface area contributed by atoms with E-state index >= 15 is 0 Å². The Hall–Kier alpha value is -2.42. The minimum Gasteiger partial charge on any atom is -0.444 e. The Kier molecular flexibility index (Phi) is 6.21. The summed E-state index contributed by atoms with van der Waals surface area (Å²) in [4.78, 5) is 13.7. The number of rotatable bonds is 5. The van der Waals surface area contributed by atoms with Gasteiger partial charge < -0.3 is 9.64 Å². The molecule has 8 heteroatoms. The highest BCUT2D eigenvalue weighted by Crippen LogP contribution is 2.64. The number of nitrogens with zero attached hydrogens (tertiary/aromatic N) is 3. The fourth-order valence-corrected chi connectivity index (χ4v) is 5.14. The van der Waals surface area contributed by atoms with Crippen LogP contribution in [0.3, 0.4) is 0 Å². The first-order valence-corrected chi connectivity index (χ1v) is 11.4. The van der Waals surface area contributed by atoms with Crippen LogP contribution in [0.1, 0.15) is 32.8 Å². The number of carbonyl (C=O) groups is 1. The maximum absolute atomic E-state index is 12.2. The van der Waals surface area contributed by atoms with Gasteiger partial charge >= 0.3 is 6.09 Å². The summed E-state index contributed by atoms with van der Waals surface area (Å²) in [5.74, 6) is 0. The monoisotopic (exact) mass is 433 g/mol. The zero-order valence-corrected chi connectivity index (χ0v) is 19.0. The quantitative estimate of drug-likeness (QED) is 0.621. The fourth-order valence-electron chi connectivity index (χ4n) is 3.34. The van der Waals surface area contributed by atoms with Gasteiger partial charge in [0.15, 0.2) is 0 Å². The van der Waals surface area contributed by atoms with Crippen LogP contribution in [0.4, 0.5) is 21.9 Å². The van der Waals surface area contributed by atoms with Crippen LogP contribution in [0.25, 0.3) is 0 Å². The van der Waals surface area contributed by atoms with Crippen molar-refractivity contribution in [3.63, 3.8) is 0 Å². The molecular weight excluding hydrogens is 402 g/mol. The number of hydrogen-bond acceptors (Lipinski definition) is 6. The molecule has 0 aromatic heterocycles. The molecule has 0 spiro atoms. The normalized spacial score (nSPS) is 16.2. The predicted molar refractivity (Wildman–Crippen MR) is 123 cm³/mol. The third-order valence-corrected chi connectivity index (χ3v) is 6.58. The van der Waals surface area contributed by atoms with E-state index in [1.54, 1.807) is 15.7 Å². The number of ether oxygens (including phenoxy) is 1. The Bertz CT molecular complexity index is 899. The molecule has 0 radical (unpaired) electrons. The van der Waals surface area contributed by atoms with E-state index in [0.717, 1.165) is 22.6 Å². The summed E-state index contributed by atoms with van der Waals surface area (Å²) in [7, 11) is -1.59. The van der Waals surface area contributed by atoms with Gasteiger partial charge in [-0.2, -0.15) is 0 Å². The first kappa shape index (κ1) is 22.3. The lowest BCUT2D eigenvalue weighted by Gasteiger charge is -2.44. The number of hydrogen-bond donors (Lipinski definition) is 2. The summed E-state index contributed by atoms with van der Waals surface area (Å²) in [6, 6.07) is 15.2. The Morgan fingerprint density at radius 3 is 2.40 bits per heavy atom. The Balaban J connectivity index is 1.78. The molecule has 1 amide bonds. The third kappa shape index (κ3) is 4.66. The summed E-state index contributed by atoms with van der Waals surface area (Å²) in [5.41, 5.74) is 2.74. The van der Waals surface area contributed by atoms with E-state index in [4.69, 9.17) is 4.74 Å². The van der Waals surface area contributed by atoms with Gasteiger partial charge in [-0.15, -0.1) is 0 Å². The van der Waals surface area contributed by atoms with Crippen LogP contribution >= 0.6 is 11.0 Å². The number of fused-ring (bicyclic) bond motifs is 1. The number of anilines is 3. The van der Waals surface area contributed by atoms with Gasteiger partial charge in [0, 0.05) is 20.1 Å². The molecule has 1 heterocycles. The lowest BCUT2D eigenvalue weighted by atomic mass is 10.1. The zero-order chi connectivity index (χ0) is 22.1. The minimum atomic E-state index is -3.27. The van der Waals surface area contributed by atoms with Crippen molar-refractivity contribution in [1.29, 1.82) is 0 Å². The lowest BCUT2D eigenvalue weighted by Crippen LogP contribution is -2.37. The number of para-hydroxylation sites is 1. The van der Waals surface area contributed by atoms with E-state index in [0.29, 0.717) is 19.5 Å². The second kappa shape index (κ2) is 8.37. The van der Waals surface area contributed by atoms with Gasteiger partial charge in [-0.3, -0.25) is 13.4 Å². The van der Waals surface area contributed by atoms with Crippen molar-refractivity contribution in [3.8, 4) is 0 Å². The van der Waals surface area contributed by atoms with Crippen LogP contribution in [0, 0.1) is 6.92 Å². The molecule has 0 saturated heterocycles. The smallest absolute Gasteiger partial charge is 0.410 e. The highest BCUT2D eigenvalue weighted by molar-refractivity contribution is 8.27. The van der Waals surface area contributed by atoms with Crippen molar-refractivity contribution in [2.24, 2.45) is 0 Å². The minimum absolute atomic E-state index is 0.384. The van der Waals surface area contributed by atoms with E-state index in [1.165, 1.54) is 4.90 Å². The van der Waals surface area contributed by atoms with Crippen molar-refractivity contribution in [3.05, 3.63) is 54.1 Å². The van der Waals surface area contributed by atoms with Crippen LogP contribution in [0.2, 0.25) is 0 Å². The number of aryl methyl sites for hydroxylation is 1. The molecule has 7 nitrogen and oxygen atoms in total. The van der Waals surface area contributed by atoms with E-state index in [2.05, 4.69) is 0 Å². The van der Waals surface area contributed by atoms with E-state index in [-0.39, 0.29) is 0 Å². The lowest BCUT2D eigenvalue weighted by molar-refractivity contribution is 0.0298. The number of benzene rings is 2. The molecule has 0 atom stereocenters. The second-order valence-electron chi connectivity index (χ2n) is 8.47. The molecule has 2 aromatic carbocycles. The van der Waals surface area contributed by atoms with Crippen LogP contribution < -0.4 is 8.61 Å². The van der Waals surface area contributed by atoms with Gasteiger partial charge in [0.05, 0.1) is 17.1 Å². The highest BCUT2D eigenvalue weighted by Gasteiger charge is 2.41. The maximum Gasteiger partial charge on any atom is 0.410 e. The summed E-state index contributed by atoms with van der Waals surface area (Å²) in [6.07, 6.45) is 0.166. The third-order valence-electron chi connectivity index (χ3n) is 4.71.